The molecule has 0 radical (unpaired) electrons. The van der Waals surface area contributed by atoms with Gasteiger partial charge in [-0.15, -0.1) is 3.97 Å². The van der Waals surface area contributed by atoms with Crippen LogP contribution in [0.25, 0.3) is 0 Å². The second-order valence-corrected chi connectivity index (χ2v) is 3.83. The number of nitrogens with two attached hydrogens (primary N) is 2. The summed E-state index contributed by atoms with van der Waals surface area (Å²) in [5.74, 6) is 0. The Bertz CT molecular complexity index is 304. The Labute approximate surface area is 128 Å². The van der Waals surface area contributed by atoms with Gasteiger partial charge in [0.05, 0.1) is 0 Å². The monoisotopic (exact) mass is 295 g/mol. The van der Waals surface area contributed by atoms with Gasteiger partial charge in [0.15, 0.2) is 0 Å². The summed E-state index contributed by atoms with van der Waals surface area (Å²) in [6.45, 7) is 0. The summed E-state index contributed by atoms with van der Waals surface area (Å²) in [4.78, 5) is 24.4. The minimum absolute atomic E-state index is 0. The first kappa shape index (κ1) is 24.9. The van der Waals surface area contributed by atoms with Crippen molar-refractivity contribution in [3.63, 3.8) is 0 Å². The number of carbonyl (C=O) groups excluding carboxylic acids is 1. The van der Waals surface area contributed by atoms with E-state index in [4.69, 9.17) is 19.1 Å². The van der Waals surface area contributed by atoms with Crippen molar-refractivity contribution in [1.82, 2.24) is 6.15 Å². The van der Waals surface area contributed by atoms with Gasteiger partial charge in [0.25, 0.3) is 0 Å². The van der Waals surface area contributed by atoms with Gasteiger partial charge in [0, 0.05) is 0 Å². The van der Waals surface area contributed by atoms with Crippen LogP contribution >= 0.6 is 7.82 Å². The first-order chi connectivity index (χ1) is 5.44. The van der Waals surface area contributed by atoms with Crippen LogP contribution < -0.4 is 17.6 Å². The Hall–Kier alpha value is 0.886. The molecule has 0 aromatic carbocycles. The van der Waals surface area contributed by atoms with E-state index in [9.17, 15) is 13.0 Å². The Balaban J connectivity index is -0.0000000883. The third-order valence-corrected chi connectivity index (χ3v) is 1.72. The molecular formula is CH11KN3O8PS. The zero-order valence-corrected chi connectivity index (χ0v) is 8.31. The van der Waals surface area contributed by atoms with E-state index in [0.717, 1.165) is 0 Å². The van der Waals surface area contributed by atoms with Crippen molar-refractivity contribution < 1.29 is 36.1 Å². The van der Waals surface area contributed by atoms with Gasteiger partial charge in [-0.25, -0.2) is 9.36 Å². The van der Waals surface area contributed by atoms with E-state index < -0.39 is 24.3 Å². The normalized spacial score (nSPS) is 9.80. The number of phosphoric acid groups is 1. The minimum atomic E-state index is -5.13. The van der Waals surface area contributed by atoms with Crippen LogP contribution in [0.2, 0.25) is 0 Å². The summed E-state index contributed by atoms with van der Waals surface area (Å²) in [6, 6.07) is -0.833. The average Bonchev–Trinajstić information content (AvgIpc) is 1.47. The van der Waals surface area contributed by atoms with E-state index in [2.05, 4.69) is 15.4 Å². The molecule has 0 aromatic rings. The molecule has 0 unspecified atom stereocenters. The Morgan fingerprint density at radius 2 is 1.47 bits per heavy atom. The third kappa shape index (κ3) is 52.1. The second kappa shape index (κ2) is 10.1. The number of primary amides is 2. The summed E-state index contributed by atoms with van der Waals surface area (Å²) in [7, 11) is -10.2. The Morgan fingerprint density at radius 1 is 1.27 bits per heavy atom. The zero-order chi connectivity index (χ0) is 11.3. The number of carbonyl (C=O) groups is 1. The molecule has 14 heteroatoms. The van der Waals surface area contributed by atoms with Crippen molar-refractivity contribution in [3.8, 4) is 0 Å². The Morgan fingerprint density at radius 3 is 1.47 bits per heavy atom. The van der Waals surface area contributed by atoms with Crippen molar-refractivity contribution in [3.05, 3.63) is 0 Å². The summed E-state index contributed by atoms with van der Waals surface area (Å²) in [6.07, 6.45) is 0. The maximum atomic E-state index is 9.58. The van der Waals surface area contributed by atoms with E-state index in [0.29, 0.717) is 0 Å². The fourth-order valence-corrected chi connectivity index (χ4v) is 1.10. The van der Waals surface area contributed by atoms with Crippen LogP contribution in [-0.4, -0.2) is 80.2 Å². The van der Waals surface area contributed by atoms with E-state index in [1.54, 1.807) is 0 Å². The van der Waals surface area contributed by atoms with Gasteiger partial charge in [-0.1, -0.05) is 0 Å². The summed E-state index contributed by atoms with van der Waals surface area (Å²) < 4.78 is 39.0. The van der Waals surface area contributed by atoms with Crippen molar-refractivity contribution >= 4 is 75.6 Å². The molecule has 0 saturated carbocycles. The van der Waals surface area contributed by atoms with Crippen molar-refractivity contribution in [2.24, 2.45) is 11.5 Å². The molecule has 0 aromatic heterocycles. The molecule has 0 atom stereocenters. The predicted octanol–water partition coefficient (Wildman–Crippen LogP) is -2.56. The van der Waals surface area contributed by atoms with Crippen LogP contribution in [0.3, 0.4) is 0 Å². The molecule has 15 heavy (non-hydrogen) atoms. The zero-order valence-electron chi connectivity index (χ0n) is 6.60. The number of urea groups is 1. The van der Waals surface area contributed by atoms with Gasteiger partial charge < -0.3 is 27.4 Å². The van der Waals surface area contributed by atoms with Gasteiger partial charge in [-0.3, -0.25) is 4.55 Å². The molecule has 0 rings (SSSR count). The molecule has 0 aliphatic carbocycles. The second-order valence-electron chi connectivity index (χ2n) is 1.40. The molecule has 0 fully saturated rings. The average molecular weight is 295 g/mol. The fraction of sp³-hybridized carbons (Fsp3) is 0. The van der Waals surface area contributed by atoms with Crippen molar-refractivity contribution in [2.75, 3.05) is 0 Å². The number of hydrogen-bond donors (Lipinski definition) is 6. The van der Waals surface area contributed by atoms with Crippen molar-refractivity contribution in [2.45, 2.75) is 0 Å². The number of rotatable bonds is 2. The summed E-state index contributed by atoms with van der Waals surface area (Å²) in [5.41, 5.74) is 8.50. The Kier molecular flexibility index (Phi) is 16.7. The third-order valence-electron chi connectivity index (χ3n) is 0.191. The topological polar surface area (TPSA) is 225 Å². The van der Waals surface area contributed by atoms with E-state index in [-0.39, 0.29) is 57.5 Å². The maximum absolute atomic E-state index is 9.58. The van der Waals surface area contributed by atoms with Crippen LogP contribution in [0.15, 0.2) is 0 Å². The molecule has 0 heterocycles. The molecule has 0 spiro atoms. The van der Waals surface area contributed by atoms with E-state index in [1.165, 1.54) is 0 Å². The van der Waals surface area contributed by atoms with Crippen molar-refractivity contribution in [1.29, 1.82) is 0 Å². The van der Waals surface area contributed by atoms with E-state index in [1.807, 2.05) is 0 Å². The van der Waals surface area contributed by atoms with Gasteiger partial charge >= 0.3 is 75.6 Å². The molecule has 11 nitrogen and oxygen atoms in total. The van der Waals surface area contributed by atoms with Crippen LogP contribution in [0, 0.1) is 0 Å². The van der Waals surface area contributed by atoms with Gasteiger partial charge in [0.1, 0.15) is 0 Å². The van der Waals surface area contributed by atoms with E-state index >= 15 is 0 Å². The molecule has 0 bridgehead atoms. The molecule has 0 saturated heterocycles. The molecule has 10 N–H and O–H groups in total. The van der Waals surface area contributed by atoms with Gasteiger partial charge in [-0.05, 0) is 0 Å². The first-order valence-electron chi connectivity index (χ1n) is 2.23. The number of hydrogen-bond acceptors (Lipinski definition) is 6. The molecular weight excluding hydrogens is 284 g/mol. The fourth-order valence-electron chi connectivity index (χ4n) is 0.123. The van der Waals surface area contributed by atoms with Crippen LogP contribution in [0.5, 0.6) is 0 Å². The molecule has 0 aliphatic rings. The SMILES string of the molecule is N.NC(N)=O.O=P(O)(O)OS(=O)(=O)O.[KH]. The quantitative estimate of drug-likeness (QED) is 0.178. The van der Waals surface area contributed by atoms with Gasteiger partial charge in [-0.2, -0.15) is 8.42 Å². The first-order valence-corrected chi connectivity index (χ1v) is 5.12. The molecule has 2 amide bonds. The predicted molar refractivity (Wildman–Crippen MR) is 50.6 cm³/mol. The summed E-state index contributed by atoms with van der Waals surface area (Å²) in [5, 5.41) is 0. The number of amides is 2. The van der Waals surface area contributed by atoms with Crippen LogP contribution in [0.1, 0.15) is 0 Å². The molecule has 0 aliphatic heterocycles. The molecule has 90 valence electrons. The van der Waals surface area contributed by atoms with Crippen LogP contribution in [-0.2, 0) is 18.9 Å². The van der Waals surface area contributed by atoms with Crippen LogP contribution in [0.4, 0.5) is 4.79 Å². The van der Waals surface area contributed by atoms with Gasteiger partial charge in [0.2, 0.25) is 0 Å². The summed E-state index contributed by atoms with van der Waals surface area (Å²) >= 11 is 0. The standard InChI is InChI=1S/CH4N2O.K.H3N.H3O7PS.H/c2-1(3)4;;;1-8(2,3)7-9(4,5)6;/h(H4,2,3,4);;1H3;(H2,1,2,3)(H,4,5,6);.